The third-order valence-corrected chi connectivity index (χ3v) is 7.43. The molecule has 0 spiro atoms. The summed E-state index contributed by atoms with van der Waals surface area (Å²) < 4.78 is 4.78. The summed E-state index contributed by atoms with van der Waals surface area (Å²) in [5.41, 5.74) is 0. The number of aliphatic carboxylic acids is 4. The van der Waals surface area contributed by atoms with E-state index in [9.17, 15) is 58.8 Å². The second-order valence-electron chi connectivity index (χ2n) is 10.7. The van der Waals surface area contributed by atoms with E-state index < -0.39 is 85.7 Å². The number of carboxylic acids is 4. The molecule has 19 nitrogen and oxygen atoms in total. The number of carboxylic acid groups (broad SMARTS) is 5. The normalized spacial score (nSPS) is 18.7. The van der Waals surface area contributed by atoms with Gasteiger partial charge in [0.25, 0.3) is 11.8 Å². The van der Waals surface area contributed by atoms with E-state index >= 15 is 0 Å². The zero-order valence-electron chi connectivity index (χ0n) is 25.0. The highest BCUT2D eigenvalue weighted by atomic mass is 16.7. The summed E-state index contributed by atoms with van der Waals surface area (Å²) in [5.74, 6) is -6.54. The van der Waals surface area contributed by atoms with Gasteiger partial charge in [-0.3, -0.25) is 53.2 Å². The first-order valence-electron chi connectivity index (χ1n) is 14.5. The molecule has 2 aliphatic heterocycles. The van der Waals surface area contributed by atoms with Crippen LogP contribution >= 0.6 is 0 Å². The number of carbonyl (C=O) groups excluding carboxylic acids is 3. The molecule has 46 heavy (non-hydrogen) atoms. The van der Waals surface area contributed by atoms with E-state index in [1.165, 1.54) is 14.7 Å². The summed E-state index contributed by atoms with van der Waals surface area (Å²) in [7, 11) is 0. The second kappa shape index (κ2) is 18.4. The Morgan fingerprint density at radius 3 is 2.11 bits per heavy atom. The van der Waals surface area contributed by atoms with Crippen molar-refractivity contribution < 1.29 is 68.6 Å². The first-order valence-corrected chi connectivity index (χ1v) is 14.5. The largest absolute Gasteiger partial charge is 0.507 e. The summed E-state index contributed by atoms with van der Waals surface area (Å²) in [4.78, 5) is 97.7. The first-order chi connectivity index (χ1) is 21.7. The van der Waals surface area contributed by atoms with Crippen molar-refractivity contribution in [3.05, 3.63) is 12.2 Å². The average molecular weight is 658 g/mol. The van der Waals surface area contributed by atoms with E-state index in [1.54, 1.807) is 0 Å². The Balaban J connectivity index is 1.95. The van der Waals surface area contributed by atoms with Crippen LogP contribution in [0, 0.1) is 0 Å². The molecular weight excluding hydrogens is 618 g/mol. The lowest BCUT2D eigenvalue weighted by molar-refractivity contribution is -0.147. The molecule has 0 unspecified atom stereocenters. The van der Waals surface area contributed by atoms with E-state index in [1.807, 2.05) is 0 Å². The molecule has 0 aromatic heterocycles. The van der Waals surface area contributed by atoms with Crippen molar-refractivity contribution in [2.75, 3.05) is 52.4 Å². The third kappa shape index (κ3) is 12.8. The average Bonchev–Trinajstić information content (AvgIpc) is 3.46. The highest BCUT2D eigenvalue weighted by Gasteiger charge is 2.38. The number of likely N-dealkylation sites (tertiary alicyclic amines) is 1. The summed E-state index contributed by atoms with van der Waals surface area (Å²) in [6.07, 6.45) is 0.537. The molecule has 0 aromatic carbocycles. The molecule has 19 heteroatoms. The quantitative estimate of drug-likeness (QED) is 0.0434. The van der Waals surface area contributed by atoms with E-state index in [0.29, 0.717) is 12.8 Å². The Hall–Kier alpha value is -4.62. The van der Waals surface area contributed by atoms with Crippen LogP contribution in [-0.2, 0) is 38.3 Å². The highest BCUT2D eigenvalue weighted by molar-refractivity contribution is 6.13. The van der Waals surface area contributed by atoms with Gasteiger partial charge in [-0.1, -0.05) is 0 Å². The van der Waals surface area contributed by atoms with Crippen LogP contribution in [0.25, 0.3) is 0 Å². The molecule has 0 aliphatic carbocycles. The maximum atomic E-state index is 12.1. The lowest BCUT2D eigenvalue weighted by Crippen LogP contribution is -2.51. The zero-order chi connectivity index (χ0) is 34.4. The molecule has 0 aromatic rings. The van der Waals surface area contributed by atoms with Crippen LogP contribution in [0.5, 0.6) is 0 Å². The summed E-state index contributed by atoms with van der Waals surface area (Å²) in [6.45, 7) is -1.99. The number of rotatable bonds is 22. The summed E-state index contributed by atoms with van der Waals surface area (Å²) in [5, 5.41) is 49.7. The van der Waals surface area contributed by atoms with Gasteiger partial charge in [-0.2, -0.15) is 0 Å². The van der Waals surface area contributed by atoms with Crippen molar-refractivity contribution in [2.24, 2.45) is 0 Å². The summed E-state index contributed by atoms with van der Waals surface area (Å²) in [6, 6.07) is -1.87. The molecule has 2 heterocycles. The van der Waals surface area contributed by atoms with Gasteiger partial charge in [0.1, 0.15) is 6.04 Å². The Morgan fingerprint density at radius 1 is 0.891 bits per heavy atom. The van der Waals surface area contributed by atoms with Crippen LogP contribution in [0.3, 0.4) is 0 Å². The summed E-state index contributed by atoms with van der Waals surface area (Å²) >= 11 is 0. The van der Waals surface area contributed by atoms with Gasteiger partial charge in [-0.15, -0.1) is 0 Å². The molecule has 1 fully saturated rings. The molecule has 2 rings (SSSR count). The van der Waals surface area contributed by atoms with Crippen molar-refractivity contribution in [3.63, 3.8) is 0 Å². The molecule has 0 radical (unpaired) electrons. The lowest BCUT2D eigenvalue weighted by Gasteiger charge is -2.33. The van der Waals surface area contributed by atoms with Crippen LogP contribution in [0.1, 0.15) is 38.5 Å². The number of nitrogens with zero attached hydrogens (tertiary/aromatic N) is 4. The second-order valence-corrected chi connectivity index (χ2v) is 10.7. The fraction of sp³-hybridized carbons (Fsp3) is 0.630. The van der Waals surface area contributed by atoms with Gasteiger partial charge in [0.2, 0.25) is 5.91 Å². The minimum atomic E-state index is -1.60. The maximum absolute atomic E-state index is 12.1. The molecule has 6 N–H and O–H groups in total. The fourth-order valence-corrected chi connectivity index (χ4v) is 5.35. The Bertz CT molecular complexity index is 1180. The van der Waals surface area contributed by atoms with Crippen molar-refractivity contribution in [1.29, 1.82) is 0 Å². The minimum absolute atomic E-state index is 0.00306. The Morgan fingerprint density at radius 2 is 1.54 bits per heavy atom. The Labute approximate surface area is 262 Å². The number of ether oxygens (including phenoxy) is 1. The van der Waals surface area contributed by atoms with Gasteiger partial charge in [0.05, 0.1) is 19.6 Å². The van der Waals surface area contributed by atoms with Crippen LogP contribution in [0.15, 0.2) is 12.2 Å². The molecule has 2 aliphatic rings. The minimum Gasteiger partial charge on any atom is -0.480 e. The number of imide groups is 1. The SMILES string of the molecule is O=C(O)CN(CCN(CC(=O)O)[C@H](CCCCNC(=O)CCN1C(=O)C=CC1=O)C(=O)O)C[C@@H]1CC[C@@H](OC(=O)O)N1CC(=O)O. The van der Waals surface area contributed by atoms with Gasteiger partial charge < -0.3 is 35.6 Å². The standard InChI is InChI=1S/C27H39N5O14/c33-19(8-10-31-20(34)5-6-21(31)35)28-9-2-1-3-18(26(42)43)30(15-24(38)39)12-11-29(14-23(36)37)13-17-4-7-22(46-27(44)45)32(17)16-25(40)41/h5-6,17-18,22H,1-4,7-16H2,(H,28,33)(H,36,37)(H,38,39)(H,40,41)(H,42,43)(H,44,45)/t17-,18+,22+/m0/s1. The van der Waals surface area contributed by atoms with Gasteiger partial charge in [-0.05, 0) is 25.7 Å². The molecule has 256 valence electrons. The monoisotopic (exact) mass is 657 g/mol. The van der Waals surface area contributed by atoms with Crippen LogP contribution in [-0.4, -0.2) is 164 Å². The van der Waals surface area contributed by atoms with Gasteiger partial charge in [-0.25, -0.2) is 4.79 Å². The number of hydrogen-bond acceptors (Lipinski definition) is 12. The predicted molar refractivity (Wildman–Crippen MR) is 152 cm³/mol. The van der Waals surface area contributed by atoms with E-state index in [2.05, 4.69) is 5.32 Å². The number of unbranched alkanes of at least 4 members (excludes halogenated alkanes) is 1. The smallest absolute Gasteiger partial charge is 0.480 e. The Kier molecular flexibility index (Phi) is 15.0. The molecule has 3 atom stereocenters. The molecule has 0 bridgehead atoms. The van der Waals surface area contributed by atoms with Crippen molar-refractivity contribution >= 4 is 47.8 Å². The van der Waals surface area contributed by atoms with Crippen LogP contribution < -0.4 is 5.32 Å². The molecule has 0 saturated carbocycles. The van der Waals surface area contributed by atoms with Crippen LogP contribution in [0.2, 0.25) is 0 Å². The van der Waals surface area contributed by atoms with E-state index in [-0.39, 0.29) is 58.4 Å². The highest BCUT2D eigenvalue weighted by Crippen LogP contribution is 2.26. The van der Waals surface area contributed by atoms with Gasteiger partial charge in [0.15, 0.2) is 6.23 Å². The van der Waals surface area contributed by atoms with Crippen molar-refractivity contribution in [3.8, 4) is 0 Å². The molecule has 1 saturated heterocycles. The van der Waals surface area contributed by atoms with E-state index in [0.717, 1.165) is 17.1 Å². The number of amides is 3. The fourth-order valence-electron chi connectivity index (χ4n) is 5.35. The van der Waals surface area contributed by atoms with E-state index in [4.69, 9.17) is 9.84 Å². The van der Waals surface area contributed by atoms with Gasteiger partial charge in [0, 0.05) is 63.8 Å². The lowest BCUT2D eigenvalue weighted by atomic mass is 10.1. The number of carbonyl (C=O) groups is 8. The topological polar surface area (TPSA) is 272 Å². The van der Waals surface area contributed by atoms with Crippen molar-refractivity contribution in [1.82, 2.24) is 24.9 Å². The molecular formula is C27H39N5O14. The van der Waals surface area contributed by atoms with Crippen molar-refractivity contribution in [2.45, 2.75) is 56.8 Å². The predicted octanol–water partition coefficient (Wildman–Crippen LogP) is -1.62. The maximum Gasteiger partial charge on any atom is 0.507 e. The zero-order valence-corrected chi connectivity index (χ0v) is 25.0. The number of nitrogens with one attached hydrogen (secondary N) is 1. The third-order valence-electron chi connectivity index (χ3n) is 7.43. The first kappa shape index (κ1) is 37.6. The molecule has 3 amide bonds. The number of hydrogen-bond donors (Lipinski definition) is 6. The van der Waals surface area contributed by atoms with Gasteiger partial charge >= 0.3 is 30.0 Å². The van der Waals surface area contributed by atoms with Crippen LogP contribution in [0.4, 0.5) is 4.79 Å².